The van der Waals surface area contributed by atoms with Crippen LogP contribution < -0.4 is 10.1 Å². The molecule has 6 rings (SSSR count). The number of halogens is 6. The molecule has 1 aliphatic rings. The Morgan fingerprint density at radius 1 is 1.00 bits per heavy atom. The van der Waals surface area contributed by atoms with Gasteiger partial charge in [-0.3, -0.25) is 14.6 Å². The Morgan fingerprint density at radius 3 is 2.47 bits per heavy atom. The number of ether oxygens (including phenoxy) is 1. The highest BCUT2D eigenvalue weighted by Gasteiger charge is 2.42. The molecule has 4 aromatic carbocycles. The molecule has 1 atom stereocenters. The van der Waals surface area contributed by atoms with E-state index in [1.165, 1.54) is 36.4 Å². The van der Waals surface area contributed by atoms with Gasteiger partial charge in [0.05, 0.1) is 29.8 Å². The summed E-state index contributed by atoms with van der Waals surface area (Å²) < 4.78 is 74.4. The summed E-state index contributed by atoms with van der Waals surface area (Å²) in [4.78, 5) is 33.5. The molecule has 228 valence electrons. The van der Waals surface area contributed by atoms with Crippen molar-refractivity contribution in [1.82, 2.24) is 9.88 Å². The number of aromatic nitrogens is 1. The van der Waals surface area contributed by atoms with Crippen molar-refractivity contribution in [2.75, 3.05) is 12.4 Å². The van der Waals surface area contributed by atoms with Gasteiger partial charge in [-0.1, -0.05) is 29.8 Å². The SMILES string of the molecule is COc1ccc(CN2C(=O)c3c(c(NC(=O)c4cc(F)cc(C(F)(F)F)c4)cc4ncccc34)C2c2cc(F)ccc2Cl)cc1. The lowest BCUT2D eigenvalue weighted by Gasteiger charge is -2.28. The second kappa shape index (κ2) is 11.5. The van der Waals surface area contributed by atoms with Crippen molar-refractivity contribution in [3.05, 3.63) is 135 Å². The van der Waals surface area contributed by atoms with Crippen LogP contribution >= 0.6 is 11.6 Å². The molecule has 12 heteroatoms. The summed E-state index contributed by atoms with van der Waals surface area (Å²) in [6.45, 7) is 0.0308. The van der Waals surface area contributed by atoms with Crippen LogP contribution in [0.1, 0.15) is 49.0 Å². The summed E-state index contributed by atoms with van der Waals surface area (Å²) in [5.74, 6) is -2.85. The molecule has 0 radical (unpaired) electrons. The third-order valence-corrected chi connectivity index (χ3v) is 7.85. The fraction of sp³-hybridized carbons (Fsp3) is 0.121. The maximum absolute atomic E-state index is 14.7. The van der Waals surface area contributed by atoms with Crippen LogP contribution in [-0.4, -0.2) is 28.8 Å². The lowest BCUT2D eigenvalue weighted by molar-refractivity contribution is -0.137. The topological polar surface area (TPSA) is 71.5 Å². The number of nitrogens with zero attached hydrogens (tertiary/aromatic N) is 2. The number of rotatable bonds is 6. The maximum atomic E-state index is 14.7. The molecule has 0 bridgehead atoms. The van der Waals surface area contributed by atoms with Gasteiger partial charge in [-0.2, -0.15) is 13.2 Å². The first kappa shape index (κ1) is 30.0. The summed E-state index contributed by atoms with van der Waals surface area (Å²) in [6.07, 6.45) is -3.43. The highest BCUT2D eigenvalue weighted by Crippen LogP contribution is 2.48. The molecule has 0 aliphatic carbocycles. The van der Waals surface area contributed by atoms with E-state index in [0.717, 1.165) is 6.07 Å². The predicted octanol–water partition coefficient (Wildman–Crippen LogP) is 8.19. The minimum atomic E-state index is -4.90. The number of pyridine rings is 1. The monoisotopic (exact) mass is 637 g/mol. The van der Waals surface area contributed by atoms with E-state index in [2.05, 4.69) is 10.3 Å². The van der Waals surface area contributed by atoms with Crippen LogP contribution in [0.25, 0.3) is 10.9 Å². The number of methoxy groups -OCH3 is 1. The van der Waals surface area contributed by atoms with Crippen LogP contribution in [0.4, 0.5) is 27.6 Å². The van der Waals surface area contributed by atoms with E-state index in [0.29, 0.717) is 34.3 Å². The van der Waals surface area contributed by atoms with Gasteiger partial charge in [0.15, 0.2) is 0 Å². The summed E-state index contributed by atoms with van der Waals surface area (Å²) >= 11 is 6.58. The third-order valence-electron chi connectivity index (χ3n) is 7.51. The molecular weight excluding hydrogens is 617 g/mol. The van der Waals surface area contributed by atoms with E-state index >= 15 is 0 Å². The first-order valence-electron chi connectivity index (χ1n) is 13.4. The van der Waals surface area contributed by atoms with Gasteiger partial charge in [0.25, 0.3) is 11.8 Å². The highest BCUT2D eigenvalue weighted by molar-refractivity contribution is 6.31. The van der Waals surface area contributed by atoms with Crippen molar-refractivity contribution in [1.29, 1.82) is 0 Å². The normalized spacial score (nSPS) is 14.5. The molecule has 6 nitrogen and oxygen atoms in total. The van der Waals surface area contributed by atoms with Crippen LogP contribution in [-0.2, 0) is 12.7 Å². The van der Waals surface area contributed by atoms with E-state index in [9.17, 15) is 31.5 Å². The van der Waals surface area contributed by atoms with Crippen LogP contribution in [0.3, 0.4) is 0 Å². The molecular formula is C33H21ClF5N3O3. The first-order chi connectivity index (χ1) is 21.4. The average molecular weight is 638 g/mol. The number of hydrogen-bond acceptors (Lipinski definition) is 4. The number of benzene rings is 4. The molecule has 0 fully saturated rings. The van der Waals surface area contributed by atoms with E-state index < -0.39 is 46.8 Å². The van der Waals surface area contributed by atoms with Gasteiger partial charge < -0.3 is 15.0 Å². The zero-order valence-corrected chi connectivity index (χ0v) is 24.0. The van der Waals surface area contributed by atoms with Crippen LogP contribution in [0.15, 0.2) is 85.1 Å². The fourth-order valence-corrected chi connectivity index (χ4v) is 5.71. The zero-order chi connectivity index (χ0) is 32.0. The number of carbonyl (C=O) groups excluding carboxylic acids is 2. The lowest BCUT2D eigenvalue weighted by atomic mass is 9.93. The molecule has 0 saturated carbocycles. The molecule has 1 aliphatic heterocycles. The molecule has 5 aromatic rings. The van der Waals surface area contributed by atoms with Gasteiger partial charge in [-0.15, -0.1) is 0 Å². The first-order valence-corrected chi connectivity index (χ1v) is 13.8. The van der Waals surface area contributed by atoms with Gasteiger partial charge in [-0.05, 0) is 66.2 Å². The second-order valence-electron chi connectivity index (χ2n) is 10.3. The van der Waals surface area contributed by atoms with Gasteiger partial charge >= 0.3 is 6.18 Å². The Bertz CT molecular complexity index is 1980. The number of anilines is 1. The Kier molecular flexibility index (Phi) is 7.65. The van der Waals surface area contributed by atoms with E-state index in [-0.39, 0.29) is 40.0 Å². The smallest absolute Gasteiger partial charge is 0.416 e. The molecule has 2 amide bonds. The number of alkyl halides is 3. The van der Waals surface area contributed by atoms with E-state index in [1.807, 2.05) is 0 Å². The minimum absolute atomic E-state index is 0.00919. The molecule has 1 unspecified atom stereocenters. The predicted molar refractivity (Wildman–Crippen MR) is 157 cm³/mol. The third kappa shape index (κ3) is 5.66. The van der Waals surface area contributed by atoms with Crippen LogP contribution in [0.2, 0.25) is 5.02 Å². The average Bonchev–Trinajstić information content (AvgIpc) is 3.30. The molecule has 2 heterocycles. The maximum Gasteiger partial charge on any atom is 0.416 e. The van der Waals surface area contributed by atoms with Gasteiger partial charge in [0.2, 0.25) is 0 Å². The molecule has 45 heavy (non-hydrogen) atoms. The molecule has 0 saturated heterocycles. The highest BCUT2D eigenvalue weighted by atomic mass is 35.5. The fourth-order valence-electron chi connectivity index (χ4n) is 5.49. The molecule has 0 spiro atoms. The standard InChI is InChI=1S/C33H21ClF5N3O3/c1-45-22-7-4-17(5-8-22)16-42-30(24-14-20(35)6-9-25(24)34)29-27(15-26-23(3-2-10-40-26)28(29)32(42)44)41-31(43)18-11-19(33(37,38)39)13-21(36)12-18/h2-15,30H,16H2,1H3,(H,41,43). The molecule has 1 N–H and O–H groups in total. The zero-order valence-electron chi connectivity index (χ0n) is 23.3. The number of carbonyl (C=O) groups is 2. The van der Waals surface area contributed by atoms with Gasteiger partial charge in [0, 0.05) is 45.5 Å². The Labute approximate surface area is 258 Å². The van der Waals surface area contributed by atoms with Crippen molar-refractivity contribution in [2.45, 2.75) is 18.8 Å². The van der Waals surface area contributed by atoms with Crippen molar-refractivity contribution in [3.63, 3.8) is 0 Å². The summed E-state index contributed by atoms with van der Waals surface area (Å²) in [5, 5.41) is 3.12. The van der Waals surface area contributed by atoms with Crippen LogP contribution in [0.5, 0.6) is 5.75 Å². The van der Waals surface area contributed by atoms with Crippen molar-refractivity contribution >= 4 is 40.0 Å². The second-order valence-corrected chi connectivity index (χ2v) is 10.7. The summed E-state index contributed by atoms with van der Waals surface area (Å²) in [5.41, 5.74) is -0.365. The minimum Gasteiger partial charge on any atom is -0.497 e. The van der Waals surface area contributed by atoms with Crippen LogP contribution in [0, 0.1) is 11.6 Å². The van der Waals surface area contributed by atoms with E-state index in [4.69, 9.17) is 16.3 Å². The number of hydrogen-bond donors (Lipinski definition) is 1. The Morgan fingerprint density at radius 2 is 1.76 bits per heavy atom. The quantitative estimate of drug-likeness (QED) is 0.191. The Hall–Kier alpha value is -5.03. The van der Waals surface area contributed by atoms with Crippen molar-refractivity contribution in [3.8, 4) is 5.75 Å². The molecule has 1 aromatic heterocycles. The largest absolute Gasteiger partial charge is 0.497 e. The lowest BCUT2D eigenvalue weighted by Crippen LogP contribution is -2.28. The van der Waals surface area contributed by atoms with Crippen molar-refractivity contribution < 1.29 is 36.3 Å². The van der Waals surface area contributed by atoms with Crippen molar-refractivity contribution in [2.24, 2.45) is 0 Å². The number of fused-ring (bicyclic) bond motifs is 3. The summed E-state index contributed by atoms with van der Waals surface area (Å²) in [6, 6.07) is 15.8. The van der Waals surface area contributed by atoms with Gasteiger partial charge in [0.1, 0.15) is 17.4 Å². The van der Waals surface area contributed by atoms with E-state index in [1.54, 1.807) is 36.4 Å². The number of nitrogens with one attached hydrogen (secondary N) is 1. The summed E-state index contributed by atoms with van der Waals surface area (Å²) in [7, 11) is 1.51. The van der Waals surface area contributed by atoms with Gasteiger partial charge in [-0.25, -0.2) is 8.78 Å². The Balaban J connectivity index is 1.54. The number of amides is 2.